The molecule has 0 spiro atoms. The minimum absolute atomic E-state index is 0.0818. The van der Waals surface area contributed by atoms with E-state index < -0.39 is 16.6 Å². The maximum absolute atomic E-state index is 12.2. The van der Waals surface area contributed by atoms with Gasteiger partial charge in [0.05, 0.1) is 17.1 Å². The molecule has 0 fully saturated rings. The molecule has 0 unspecified atom stereocenters. The summed E-state index contributed by atoms with van der Waals surface area (Å²) in [5.41, 5.74) is 0.940. The van der Waals surface area contributed by atoms with E-state index in [9.17, 15) is 18.0 Å². The number of carbonyl (C=O) groups excluding carboxylic acids is 2. The fourth-order valence-corrected chi connectivity index (χ4v) is 4.12. The van der Waals surface area contributed by atoms with Gasteiger partial charge in [0.2, 0.25) is 5.91 Å². The Morgan fingerprint density at radius 3 is 2.87 bits per heavy atom. The Bertz CT molecular complexity index is 867. The SMILES string of the molecule is C[C@H]1Sc2ccc(C(=O)Nc3ncc([SH](=O)=O)s3)cc2NC1=O. The summed E-state index contributed by atoms with van der Waals surface area (Å²) in [6, 6.07) is 5.00. The molecule has 0 bridgehead atoms. The number of thioether (sulfide) groups is 1. The van der Waals surface area contributed by atoms with Gasteiger partial charge in [0, 0.05) is 10.5 Å². The van der Waals surface area contributed by atoms with Crippen LogP contribution in [0.5, 0.6) is 0 Å². The lowest BCUT2D eigenvalue weighted by molar-refractivity contribution is -0.115. The van der Waals surface area contributed by atoms with Gasteiger partial charge < -0.3 is 5.32 Å². The van der Waals surface area contributed by atoms with E-state index >= 15 is 0 Å². The van der Waals surface area contributed by atoms with Gasteiger partial charge in [0.1, 0.15) is 4.21 Å². The number of benzene rings is 1. The fraction of sp³-hybridized carbons (Fsp3) is 0.154. The van der Waals surface area contributed by atoms with Crippen molar-refractivity contribution in [2.75, 3.05) is 10.6 Å². The second kappa shape index (κ2) is 6.30. The molecule has 1 atom stereocenters. The molecule has 10 heteroatoms. The van der Waals surface area contributed by atoms with Gasteiger partial charge >= 0.3 is 0 Å². The Hall–Kier alpha value is -1.91. The van der Waals surface area contributed by atoms with Crippen molar-refractivity contribution in [3.63, 3.8) is 0 Å². The lowest BCUT2D eigenvalue weighted by atomic mass is 10.2. The Morgan fingerprint density at radius 1 is 1.39 bits per heavy atom. The summed E-state index contributed by atoms with van der Waals surface area (Å²) in [7, 11) is -2.72. The van der Waals surface area contributed by atoms with Crippen molar-refractivity contribution in [2.24, 2.45) is 0 Å². The van der Waals surface area contributed by atoms with Crippen LogP contribution in [0.2, 0.25) is 0 Å². The standard InChI is InChI=1S/C13H11N3O4S3/c1-6-11(17)15-8-4-7(2-3-9(8)21-6)12(18)16-13-14-5-10(22-13)23(19)20/h2-6,23H,1H3,(H,15,17)(H,14,16,18)/t6-/m1/s1. The molecule has 120 valence electrons. The topological polar surface area (TPSA) is 105 Å². The van der Waals surface area contributed by atoms with Crippen LogP contribution < -0.4 is 10.6 Å². The van der Waals surface area contributed by atoms with E-state index in [1.807, 2.05) is 6.92 Å². The molecule has 2 amide bonds. The molecule has 23 heavy (non-hydrogen) atoms. The molecule has 0 saturated heterocycles. The van der Waals surface area contributed by atoms with Crippen molar-refractivity contribution in [2.45, 2.75) is 21.3 Å². The molecule has 2 N–H and O–H groups in total. The number of thiazole rings is 1. The first-order valence-corrected chi connectivity index (χ1v) is 9.34. The summed E-state index contributed by atoms with van der Waals surface area (Å²) < 4.78 is 21.8. The number of hydrogen-bond donors (Lipinski definition) is 3. The number of nitrogens with one attached hydrogen (secondary N) is 2. The van der Waals surface area contributed by atoms with Crippen LogP contribution in [0.3, 0.4) is 0 Å². The van der Waals surface area contributed by atoms with E-state index in [1.165, 1.54) is 18.0 Å². The highest BCUT2D eigenvalue weighted by atomic mass is 32.2. The number of hydrogen-bond acceptors (Lipinski definition) is 7. The van der Waals surface area contributed by atoms with Crippen molar-refractivity contribution < 1.29 is 18.0 Å². The largest absolute Gasteiger partial charge is 0.324 e. The second-order valence-electron chi connectivity index (χ2n) is 4.68. The van der Waals surface area contributed by atoms with Crippen LogP contribution in [-0.4, -0.2) is 30.5 Å². The smallest absolute Gasteiger partial charge is 0.257 e. The van der Waals surface area contributed by atoms with Crippen LogP contribution in [0.4, 0.5) is 10.8 Å². The van der Waals surface area contributed by atoms with E-state index in [4.69, 9.17) is 0 Å². The van der Waals surface area contributed by atoms with Crippen LogP contribution in [0.25, 0.3) is 0 Å². The summed E-state index contributed by atoms with van der Waals surface area (Å²) in [6.07, 6.45) is 1.19. The predicted molar refractivity (Wildman–Crippen MR) is 89.0 cm³/mol. The number of fused-ring (bicyclic) bond motifs is 1. The van der Waals surface area contributed by atoms with Gasteiger partial charge in [-0.15, -0.1) is 11.8 Å². The molecule has 0 aliphatic carbocycles. The number of thiol groups is 1. The molecule has 1 aromatic heterocycles. The summed E-state index contributed by atoms with van der Waals surface area (Å²) in [4.78, 5) is 28.6. The van der Waals surface area contributed by atoms with E-state index in [0.717, 1.165) is 16.2 Å². The van der Waals surface area contributed by atoms with Gasteiger partial charge in [-0.25, -0.2) is 13.4 Å². The number of anilines is 2. The van der Waals surface area contributed by atoms with Crippen molar-refractivity contribution >= 4 is 56.4 Å². The molecule has 0 radical (unpaired) electrons. The second-order valence-corrected chi connectivity index (χ2v) is 8.39. The van der Waals surface area contributed by atoms with Gasteiger partial charge in [-0.05, 0) is 25.1 Å². The Labute approximate surface area is 141 Å². The van der Waals surface area contributed by atoms with Crippen LogP contribution in [0.1, 0.15) is 17.3 Å². The first-order valence-electron chi connectivity index (χ1n) is 6.47. The summed E-state index contributed by atoms with van der Waals surface area (Å²) in [6.45, 7) is 1.81. The molecule has 0 saturated carbocycles. The Morgan fingerprint density at radius 2 is 2.17 bits per heavy atom. The first-order chi connectivity index (χ1) is 10.9. The maximum atomic E-state index is 12.2. The minimum atomic E-state index is -2.72. The Kier molecular flexibility index (Phi) is 4.37. The van der Waals surface area contributed by atoms with Crippen molar-refractivity contribution in [3.05, 3.63) is 30.0 Å². The van der Waals surface area contributed by atoms with E-state index in [-0.39, 0.29) is 20.5 Å². The van der Waals surface area contributed by atoms with Crippen molar-refractivity contribution in [1.29, 1.82) is 0 Å². The number of carbonyl (C=O) groups is 2. The number of amides is 2. The third-order valence-electron chi connectivity index (χ3n) is 3.07. The number of nitrogens with zero attached hydrogens (tertiary/aromatic N) is 1. The van der Waals surface area contributed by atoms with Gasteiger partial charge in [-0.3, -0.25) is 14.9 Å². The quantitative estimate of drug-likeness (QED) is 0.713. The van der Waals surface area contributed by atoms with Crippen LogP contribution >= 0.6 is 23.1 Å². The third-order valence-corrected chi connectivity index (χ3v) is 6.16. The molecule has 1 aliphatic heterocycles. The Balaban J connectivity index is 1.80. The normalized spacial score (nSPS) is 16.8. The third kappa shape index (κ3) is 3.38. The molecule has 7 nitrogen and oxygen atoms in total. The molecular weight excluding hydrogens is 358 g/mol. The van der Waals surface area contributed by atoms with Crippen LogP contribution in [-0.2, 0) is 15.5 Å². The molecule has 1 aromatic carbocycles. The summed E-state index contributed by atoms with van der Waals surface area (Å²) in [5.74, 6) is -0.531. The lowest BCUT2D eigenvalue weighted by Gasteiger charge is -2.21. The molecular formula is C13H11N3O4S3. The number of rotatable bonds is 3. The average Bonchev–Trinajstić information content (AvgIpc) is 2.96. The van der Waals surface area contributed by atoms with Crippen LogP contribution in [0, 0.1) is 0 Å². The highest BCUT2D eigenvalue weighted by Gasteiger charge is 2.23. The lowest BCUT2D eigenvalue weighted by Crippen LogP contribution is -2.26. The predicted octanol–water partition coefficient (Wildman–Crippen LogP) is 1.80. The fourth-order valence-electron chi connectivity index (χ4n) is 1.93. The summed E-state index contributed by atoms with van der Waals surface area (Å²) >= 11 is 2.31. The zero-order valence-electron chi connectivity index (χ0n) is 11.7. The molecule has 3 rings (SSSR count). The molecule has 1 aliphatic rings. The van der Waals surface area contributed by atoms with Gasteiger partial charge in [0.15, 0.2) is 15.8 Å². The van der Waals surface area contributed by atoms with Gasteiger partial charge in [0.25, 0.3) is 5.91 Å². The zero-order valence-corrected chi connectivity index (χ0v) is 14.3. The van der Waals surface area contributed by atoms with Crippen molar-refractivity contribution in [3.8, 4) is 0 Å². The first kappa shape index (κ1) is 16.0. The zero-order chi connectivity index (χ0) is 16.6. The van der Waals surface area contributed by atoms with Crippen LogP contribution in [0.15, 0.2) is 33.5 Å². The summed E-state index contributed by atoms with van der Waals surface area (Å²) in [5, 5.41) is 5.32. The van der Waals surface area contributed by atoms with E-state index in [2.05, 4.69) is 15.6 Å². The average molecular weight is 369 g/mol. The minimum Gasteiger partial charge on any atom is -0.324 e. The van der Waals surface area contributed by atoms with Crippen molar-refractivity contribution in [1.82, 2.24) is 4.98 Å². The highest BCUT2D eigenvalue weighted by Crippen LogP contribution is 2.36. The molecule has 2 aromatic rings. The maximum Gasteiger partial charge on any atom is 0.257 e. The monoisotopic (exact) mass is 369 g/mol. The van der Waals surface area contributed by atoms with E-state index in [0.29, 0.717) is 11.3 Å². The highest BCUT2D eigenvalue weighted by molar-refractivity contribution is 8.00. The number of aromatic nitrogens is 1. The molecule has 2 heterocycles. The van der Waals surface area contributed by atoms with E-state index in [1.54, 1.807) is 18.2 Å². The van der Waals surface area contributed by atoms with Gasteiger partial charge in [-0.2, -0.15) is 0 Å². The van der Waals surface area contributed by atoms with Gasteiger partial charge in [-0.1, -0.05) is 11.3 Å².